The number of hydrogen-bond acceptors (Lipinski definition) is 2. The summed E-state index contributed by atoms with van der Waals surface area (Å²) in [5.74, 6) is 0. The van der Waals surface area contributed by atoms with Crippen molar-refractivity contribution < 1.29 is 0 Å². The first kappa shape index (κ1) is 26.3. The molecule has 0 amide bonds. The highest BCUT2D eigenvalue weighted by molar-refractivity contribution is 7.25. The summed E-state index contributed by atoms with van der Waals surface area (Å²) in [6.07, 6.45) is 0. The molecule has 2 aromatic heterocycles. The highest BCUT2D eigenvalue weighted by Crippen LogP contribution is 2.43. The standard InChI is InChI=1S/C44H28N2S/c1-3-10-30-24-33(19-16-28(30)8-1)46(34-20-17-29-9-2-4-11-31(29)25-34)35-21-23-42-40(27-35)38-22-18-32(26-43(38)47-42)36-13-7-14-39-37-12-5-6-15-41(37)45-44(36)39/h1-27,45H. The number of anilines is 3. The fourth-order valence-electron chi connectivity index (χ4n) is 7.26. The molecule has 0 radical (unpaired) electrons. The van der Waals surface area contributed by atoms with E-state index in [0.717, 1.165) is 17.1 Å². The average Bonchev–Trinajstić information content (AvgIpc) is 3.69. The zero-order chi connectivity index (χ0) is 30.9. The van der Waals surface area contributed by atoms with E-state index in [-0.39, 0.29) is 0 Å². The van der Waals surface area contributed by atoms with Gasteiger partial charge in [-0.15, -0.1) is 11.3 Å². The third-order valence-corrected chi connectivity index (χ3v) is 10.7. The van der Waals surface area contributed by atoms with Crippen LogP contribution in [0.3, 0.4) is 0 Å². The van der Waals surface area contributed by atoms with Gasteiger partial charge >= 0.3 is 0 Å². The summed E-state index contributed by atoms with van der Waals surface area (Å²) in [7, 11) is 0. The minimum atomic E-state index is 1.14. The number of nitrogens with zero attached hydrogens (tertiary/aromatic N) is 1. The number of benzene rings is 8. The summed E-state index contributed by atoms with van der Waals surface area (Å²) in [4.78, 5) is 6.09. The van der Waals surface area contributed by atoms with Gasteiger partial charge in [0.05, 0.1) is 5.52 Å². The molecule has 2 heterocycles. The smallest absolute Gasteiger partial charge is 0.0544 e. The second-order valence-electron chi connectivity index (χ2n) is 12.3. The molecule has 8 aromatic carbocycles. The van der Waals surface area contributed by atoms with Crippen molar-refractivity contribution >= 4 is 91.9 Å². The predicted octanol–water partition coefficient (Wildman–Crippen LogP) is 13.1. The normalized spacial score (nSPS) is 11.8. The summed E-state index contributed by atoms with van der Waals surface area (Å²) >= 11 is 1.87. The molecule has 10 rings (SSSR count). The van der Waals surface area contributed by atoms with Crippen LogP contribution < -0.4 is 4.90 Å². The molecule has 0 spiro atoms. The molecular weight excluding hydrogens is 589 g/mol. The predicted molar refractivity (Wildman–Crippen MR) is 204 cm³/mol. The Kier molecular flexibility index (Phi) is 5.78. The lowest BCUT2D eigenvalue weighted by atomic mass is 10.0. The lowest BCUT2D eigenvalue weighted by Gasteiger charge is -2.26. The van der Waals surface area contributed by atoms with Crippen molar-refractivity contribution in [1.29, 1.82) is 0 Å². The summed E-state index contributed by atoms with van der Waals surface area (Å²) < 4.78 is 2.59. The lowest BCUT2D eigenvalue weighted by Crippen LogP contribution is -2.09. The maximum Gasteiger partial charge on any atom is 0.0544 e. The van der Waals surface area contributed by atoms with Crippen LogP contribution in [-0.4, -0.2) is 4.98 Å². The molecule has 0 aliphatic carbocycles. The fraction of sp³-hybridized carbons (Fsp3) is 0. The van der Waals surface area contributed by atoms with Crippen molar-refractivity contribution in [1.82, 2.24) is 4.98 Å². The third kappa shape index (κ3) is 4.25. The van der Waals surface area contributed by atoms with Crippen LogP contribution >= 0.6 is 11.3 Å². The van der Waals surface area contributed by atoms with E-state index in [9.17, 15) is 0 Å². The summed E-state index contributed by atoms with van der Waals surface area (Å²) in [6.45, 7) is 0. The van der Waals surface area contributed by atoms with Crippen molar-refractivity contribution in [3.05, 3.63) is 164 Å². The zero-order valence-electron chi connectivity index (χ0n) is 25.4. The van der Waals surface area contributed by atoms with Gasteiger partial charge in [0.2, 0.25) is 0 Å². The number of rotatable bonds is 4. The van der Waals surface area contributed by atoms with Gasteiger partial charge < -0.3 is 9.88 Å². The highest BCUT2D eigenvalue weighted by Gasteiger charge is 2.17. The number of nitrogens with one attached hydrogen (secondary N) is 1. The Hall–Kier alpha value is -5.90. The molecule has 0 aliphatic heterocycles. The third-order valence-electron chi connectivity index (χ3n) is 9.55. The molecule has 47 heavy (non-hydrogen) atoms. The van der Waals surface area contributed by atoms with Crippen molar-refractivity contribution in [2.24, 2.45) is 0 Å². The van der Waals surface area contributed by atoms with Crippen LogP contribution in [0.5, 0.6) is 0 Å². The van der Waals surface area contributed by atoms with Crippen LogP contribution in [0.1, 0.15) is 0 Å². The second-order valence-corrected chi connectivity index (χ2v) is 13.4. The van der Waals surface area contributed by atoms with Crippen LogP contribution in [0.25, 0.3) is 74.6 Å². The zero-order valence-corrected chi connectivity index (χ0v) is 26.3. The quantitative estimate of drug-likeness (QED) is 0.208. The van der Waals surface area contributed by atoms with Crippen LogP contribution in [0.2, 0.25) is 0 Å². The van der Waals surface area contributed by atoms with Crippen molar-refractivity contribution in [3.8, 4) is 11.1 Å². The van der Waals surface area contributed by atoms with Crippen molar-refractivity contribution in [2.45, 2.75) is 0 Å². The molecule has 0 bridgehead atoms. The molecule has 10 aromatic rings. The van der Waals surface area contributed by atoms with Gasteiger partial charge in [-0.25, -0.2) is 0 Å². The molecule has 3 heteroatoms. The summed E-state index contributed by atoms with van der Waals surface area (Å²) in [5, 5.41) is 10.1. The van der Waals surface area contributed by atoms with Crippen LogP contribution in [-0.2, 0) is 0 Å². The van der Waals surface area contributed by atoms with E-state index < -0.39 is 0 Å². The molecule has 1 N–H and O–H groups in total. The Morgan fingerprint density at radius 3 is 1.81 bits per heavy atom. The molecule has 2 nitrogen and oxygen atoms in total. The van der Waals surface area contributed by atoms with Gasteiger partial charge in [0.1, 0.15) is 0 Å². The van der Waals surface area contributed by atoms with Gasteiger partial charge in [-0.1, -0.05) is 109 Å². The van der Waals surface area contributed by atoms with E-state index in [4.69, 9.17) is 0 Å². The first-order valence-electron chi connectivity index (χ1n) is 16.0. The molecule has 0 unspecified atom stereocenters. The number of hydrogen-bond donors (Lipinski definition) is 1. The maximum atomic E-state index is 3.69. The van der Waals surface area contributed by atoms with Crippen molar-refractivity contribution in [3.63, 3.8) is 0 Å². The number of aromatic nitrogens is 1. The summed E-state index contributed by atoms with van der Waals surface area (Å²) in [6, 6.07) is 59.8. The van der Waals surface area contributed by atoms with Crippen molar-refractivity contribution in [2.75, 3.05) is 4.90 Å². The van der Waals surface area contributed by atoms with Gasteiger partial charge in [-0.2, -0.15) is 0 Å². The average molecular weight is 617 g/mol. The van der Waals surface area contributed by atoms with Gasteiger partial charge in [-0.05, 0) is 81.7 Å². The Morgan fingerprint density at radius 2 is 1.04 bits per heavy atom. The molecule has 0 atom stereocenters. The molecule has 0 aliphatic rings. The number of para-hydroxylation sites is 2. The van der Waals surface area contributed by atoms with E-state index in [1.807, 2.05) is 11.3 Å². The van der Waals surface area contributed by atoms with E-state index in [0.29, 0.717) is 0 Å². The van der Waals surface area contributed by atoms with E-state index in [1.54, 1.807) is 0 Å². The number of H-pyrrole nitrogens is 1. The van der Waals surface area contributed by atoms with E-state index in [1.165, 1.54) is 74.6 Å². The SMILES string of the molecule is c1ccc2cc(N(c3ccc4ccccc4c3)c3ccc4sc5cc(-c6cccc7c6[nH]c6ccccc67)ccc5c4c3)ccc2c1. The Bertz CT molecular complexity index is 2740. The first-order chi connectivity index (χ1) is 23.3. The van der Waals surface area contributed by atoms with Gasteiger partial charge in [0, 0.05) is 59.1 Å². The molecule has 0 saturated carbocycles. The minimum Gasteiger partial charge on any atom is -0.354 e. The van der Waals surface area contributed by atoms with Gasteiger partial charge in [0.15, 0.2) is 0 Å². The first-order valence-corrected chi connectivity index (χ1v) is 16.8. The van der Waals surface area contributed by atoms with Crippen LogP contribution in [0, 0.1) is 0 Å². The van der Waals surface area contributed by atoms with Crippen LogP contribution in [0.15, 0.2) is 164 Å². The topological polar surface area (TPSA) is 19.0 Å². The largest absolute Gasteiger partial charge is 0.354 e. The van der Waals surface area contributed by atoms with Gasteiger partial charge in [0.25, 0.3) is 0 Å². The maximum absolute atomic E-state index is 3.69. The Balaban J connectivity index is 1.13. The molecule has 220 valence electrons. The number of thiophene rings is 1. The Labute approximate surface area is 275 Å². The highest BCUT2D eigenvalue weighted by atomic mass is 32.1. The van der Waals surface area contributed by atoms with Gasteiger partial charge in [-0.3, -0.25) is 0 Å². The molecule has 0 fully saturated rings. The number of fused-ring (bicyclic) bond motifs is 8. The Morgan fingerprint density at radius 1 is 0.404 bits per heavy atom. The number of aromatic amines is 1. The van der Waals surface area contributed by atoms with E-state index in [2.05, 4.69) is 174 Å². The molecular formula is C44H28N2S. The molecule has 0 saturated heterocycles. The van der Waals surface area contributed by atoms with E-state index >= 15 is 0 Å². The minimum absolute atomic E-state index is 1.14. The monoisotopic (exact) mass is 616 g/mol. The summed E-state index contributed by atoms with van der Waals surface area (Å²) in [5.41, 5.74) is 8.27. The second kappa shape index (κ2) is 10.3. The lowest BCUT2D eigenvalue weighted by molar-refractivity contribution is 1.30. The fourth-order valence-corrected chi connectivity index (χ4v) is 8.39. The van der Waals surface area contributed by atoms with Crippen LogP contribution in [0.4, 0.5) is 17.1 Å².